The van der Waals surface area contributed by atoms with Crippen LogP contribution < -0.4 is 0 Å². The van der Waals surface area contributed by atoms with Gasteiger partial charge in [0.15, 0.2) is 0 Å². The molecular weight excluding hydrogens is 404 g/mol. The maximum Gasteiger partial charge on any atom is 0.0865 e. The molecule has 0 fully saturated rings. The average molecular weight is 441 g/mol. The van der Waals surface area contributed by atoms with Gasteiger partial charge in [0, 0.05) is 7.11 Å². The molecule has 33 heavy (non-hydrogen) atoms. The molecule has 0 unspecified atom stereocenters. The highest BCUT2D eigenvalue weighted by Gasteiger charge is 2.37. The highest BCUT2D eigenvalue weighted by Crippen LogP contribution is 2.44. The van der Waals surface area contributed by atoms with Gasteiger partial charge in [-0.15, -0.1) is 0 Å². The molecule has 0 N–H and O–H groups in total. The van der Waals surface area contributed by atoms with E-state index in [2.05, 4.69) is 117 Å². The Morgan fingerprint density at radius 3 is 1.67 bits per heavy atom. The first-order valence-corrected chi connectivity index (χ1v) is 11.9. The molecule has 3 heteroatoms. The number of hydrogen-bond acceptors (Lipinski definition) is 2. The number of fused-ring (bicyclic) bond motifs is 1. The highest BCUT2D eigenvalue weighted by atomic mass is 16.5. The van der Waals surface area contributed by atoms with E-state index in [1.807, 2.05) is 0 Å². The number of aliphatic imine (C=N–C) groups is 1. The fourth-order valence-corrected chi connectivity index (χ4v) is 4.75. The predicted octanol–water partition coefficient (Wildman–Crippen LogP) is 6.66. The van der Waals surface area contributed by atoms with E-state index in [-0.39, 0.29) is 23.5 Å². The van der Waals surface area contributed by atoms with Gasteiger partial charge in [-0.25, -0.2) is 0 Å². The molecule has 0 saturated heterocycles. The van der Waals surface area contributed by atoms with Gasteiger partial charge in [-0.1, -0.05) is 106 Å². The zero-order valence-corrected chi connectivity index (χ0v) is 20.3. The molecule has 1 aliphatic heterocycles. The van der Waals surface area contributed by atoms with Gasteiger partial charge in [0.2, 0.25) is 0 Å². The van der Waals surface area contributed by atoms with Crippen LogP contribution in [0.1, 0.15) is 55.1 Å². The van der Waals surface area contributed by atoms with Crippen molar-refractivity contribution in [3.63, 3.8) is 0 Å². The Bertz CT molecular complexity index is 971. The van der Waals surface area contributed by atoms with E-state index in [0.717, 1.165) is 12.8 Å². The molecule has 0 aromatic heterocycles. The molecule has 0 saturated carbocycles. The van der Waals surface area contributed by atoms with Crippen molar-refractivity contribution < 1.29 is 4.74 Å². The Balaban J connectivity index is 1.73. The summed E-state index contributed by atoms with van der Waals surface area (Å²) in [6, 6.07) is 31.1. The molecule has 0 bridgehead atoms. The van der Waals surface area contributed by atoms with Crippen molar-refractivity contribution in [2.45, 2.75) is 51.7 Å². The first-order valence-electron chi connectivity index (χ1n) is 11.9. The summed E-state index contributed by atoms with van der Waals surface area (Å²) < 4.78 is 5.52. The van der Waals surface area contributed by atoms with Gasteiger partial charge in [0.05, 0.1) is 31.1 Å². The van der Waals surface area contributed by atoms with Crippen LogP contribution in [0.2, 0.25) is 0 Å². The molecule has 0 spiro atoms. The Hall–Kier alpha value is -2.91. The molecule has 3 atom stereocenters. The van der Waals surface area contributed by atoms with Crippen LogP contribution in [0.25, 0.3) is 0 Å². The number of benzene rings is 3. The minimum Gasteiger partial charge on any atom is -0.382 e. The Labute approximate surface area is 199 Å². The van der Waals surface area contributed by atoms with Crippen LogP contribution in [-0.4, -0.2) is 31.0 Å². The van der Waals surface area contributed by atoms with E-state index in [0.29, 0.717) is 6.61 Å². The Morgan fingerprint density at radius 1 is 0.788 bits per heavy atom. The van der Waals surface area contributed by atoms with Gasteiger partial charge < -0.3 is 9.64 Å². The highest BCUT2D eigenvalue weighted by molar-refractivity contribution is 5.61. The SMILES string of the molecule is COC[C@@H](N=CN1[C@@H](Cc2ccccc2)c2ccccc2[C@@H]1Cc1ccccc1)C(C)(C)C. The normalized spacial score (nSPS) is 19.1. The third-order valence-corrected chi connectivity index (χ3v) is 6.68. The minimum absolute atomic E-state index is 0.0307. The van der Waals surface area contributed by atoms with Crippen molar-refractivity contribution in [2.75, 3.05) is 13.7 Å². The van der Waals surface area contributed by atoms with Crippen molar-refractivity contribution in [2.24, 2.45) is 10.4 Å². The second-order valence-electron chi connectivity index (χ2n) is 10.1. The minimum atomic E-state index is 0.0307. The van der Waals surface area contributed by atoms with Crippen molar-refractivity contribution in [3.8, 4) is 0 Å². The van der Waals surface area contributed by atoms with Crippen LogP contribution in [-0.2, 0) is 17.6 Å². The van der Waals surface area contributed by atoms with Crippen LogP contribution >= 0.6 is 0 Å². The van der Waals surface area contributed by atoms with Crippen molar-refractivity contribution in [1.29, 1.82) is 0 Å². The van der Waals surface area contributed by atoms with Crippen LogP contribution in [0.3, 0.4) is 0 Å². The molecule has 0 radical (unpaired) electrons. The summed E-state index contributed by atoms with van der Waals surface area (Å²) in [5, 5.41) is 0. The van der Waals surface area contributed by atoms with E-state index >= 15 is 0 Å². The van der Waals surface area contributed by atoms with E-state index < -0.39 is 0 Å². The Morgan fingerprint density at radius 2 is 1.24 bits per heavy atom. The smallest absolute Gasteiger partial charge is 0.0865 e. The fraction of sp³-hybridized carbons (Fsp3) is 0.367. The molecular formula is C30H36N2O. The molecule has 4 rings (SSSR count). The second-order valence-corrected chi connectivity index (χ2v) is 10.1. The quantitative estimate of drug-likeness (QED) is 0.289. The molecule has 0 amide bonds. The van der Waals surface area contributed by atoms with Gasteiger partial charge in [0.25, 0.3) is 0 Å². The third-order valence-electron chi connectivity index (χ3n) is 6.68. The van der Waals surface area contributed by atoms with Crippen LogP contribution in [0.5, 0.6) is 0 Å². The monoisotopic (exact) mass is 440 g/mol. The Kier molecular flexibility index (Phi) is 7.29. The number of rotatable bonds is 8. The molecule has 0 aliphatic carbocycles. The summed E-state index contributed by atoms with van der Waals surface area (Å²) in [7, 11) is 1.76. The largest absolute Gasteiger partial charge is 0.382 e. The maximum atomic E-state index is 5.52. The summed E-state index contributed by atoms with van der Waals surface area (Å²) in [6.45, 7) is 7.31. The number of methoxy groups -OCH3 is 1. The average Bonchev–Trinajstić information content (AvgIpc) is 3.10. The van der Waals surface area contributed by atoms with Gasteiger partial charge >= 0.3 is 0 Å². The summed E-state index contributed by atoms with van der Waals surface area (Å²) in [5.41, 5.74) is 5.55. The molecule has 3 aromatic carbocycles. The van der Waals surface area contributed by atoms with E-state index in [1.165, 1.54) is 22.3 Å². The fourth-order valence-electron chi connectivity index (χ4n) is 4.75. The van der Waals surface area contributed by atoms with Crippen molar-refractivity contribution in [1.82, 2.24) is 4.90 Å². The third kappa shape index (κ3) is 5.54. The van der Waals surface area contributed by atoms with E-state index in [4.69, 9.17) is 9.73 Å². The molecule has 1 heterocycles. The van der Waals surface area contributed by atoms with Crippen molar-refractivity contribution >= 4 is 6.34 Å². The zero-order valence-electron chi connectivity index (χ0n) is 20.3. The standard InChI is InChI=1S/C30H36N2O/c1-30(2,3)29(21-33-4)31-22-32-27(19-23-13-7-5-8-14-23)25-17-11-12-18-26(25)28(32)20-24-15-9-6-10-16-24/h5-18,22,27-29H,19-21H2,1-4H3/t27-,28-,29+/m0/s1. The van der Waals surface area contributed by atoms with E-state index in [1.54, 1.807) is 7.11 Å². The lowest BCUT2D eigenvalue weighted by molar-refractivity contribution is 0.135. The van der Waals surface area contributed by atoms with Gasteiger partial charge in [-0.3, -0.25) is 4.99 Å². The second kappa shape index (κ2) is 10.4. The predicted molar refractivity (Wildman–Crippen MR) is 138 cm³/mol. The lowest BCUT2D eigenvalue weighted by Gasteiger charge is -2.32. The van der Waals surface area contributed by atoms with Gasteiger partial charge in [0.1, 0.15) is 0 Å². The molecule has 172 valence electrons. The molecule has 3 nitrogen and oxygen atoms in total. The lowest BCUT2D eigenvalue weighted by atomic mass is 9.88. The summed E-state index contributed by atoms with van der Waals surface area (Å²) in [4.78, 5) is 7.61. The van der Waals surface area contributed by atoms with Crippen LogP contribution in [0.4, 0.5) is 0 Å². The summed E-state index contributed by atoms with van der Waals surface area (Å²) >= 11 is 0. The van der Waals surface area contributed by atoms with Crippen LogP contribution in [0, 0.1) is 5.41 Å². The summed E-state index contributed by atoms with van der Waals surface area (Å²) in [5.74, 6) is 0. The molecule has 3 aromatic rings. The first-order chi connectivity index (χ1) is 16.0. The zero-order chi connectivity index (χ0) is 23.3. The number of hydrogen-bond donors (Lipinski definition) is 0. The van der Waals surface area contributed by atoms with Crippen LogP contribution in [0.15, 0.2) is 89.9 Å². The number of ether oxygens (including phenoxy) is 1. The summed E-state index contributed by atoms with van der Waals surface area (Å²) in [6.07, 6.45) is 4.04. The maximum absolute atomic E-state index is 5.52. The van der Waals surface area contributed by atoms with Gasteiger partial charge in [-0.2, -0.15) is 0 Å². The van der Waals surface area contributed by atoms with E-state index in [9.17, 15) is 0 Å². The van der Waals surface area contributed by atoms with Gasteiger partial charge in [-0.05, 0) is 40.5 Å². The van der Waals surface area contributed by atoms with Crippen molar-refractivity contribution in [3.05, 3.63) is 107 Å². The first kappa shape index (κ1) is 23.3. The number of nitrogens with zero attached hydrogens (tertiary/aromatic N) is 2. The topological polar surface area (TPSA) is 24.8 Å². The molecule has 1 aliphatic rings. The lowest BCUT2D eigenvalue weighted by Crippen LogP contribution is -2.33.